The molecule has 110 valence electrons. The SMILES string of the molecule is O=C(Nc1ccccc1COS)c1cc(Cl)cc(Cl)c1O. The first-order valence-corrected chi connectivity index (χ1v) is 6.98. The van der Waals surface area contributed by atoms with Crippen LogP contribution in [0.1, 0.15) is 15.9 Å². The number of halogens is 2. The normalized spacial score (nSPS) is 10.4. The van der Waals surface area contributed by atoms with Crippen molar-refractivity contribution in [1.29, 1.82) is 0 Å². The van der Waals surface area contributed by atoms with E-state index in [4.69, 9.17) is 27.4 Å². The maximum atomic E-state index is 12.2. The molecule has 0 unspecified atom stereocenters. The molecular weight excluding hydrogens is 333 g/mol. The zero-order valence-electron chi connectivity index (χ0n) is 10.6. The highest BCUT2D eigenvalue weighted by Crippen LogP contribution is 2.31. The monoisotopic (exact) mass is 343 g/mol. The smallest absolute Gasteiger partial charge is 0.259 e. The Morgan fingerprint density at radius 1 is 1.29 bits per heavy atom. The maximum absolute atomic E-state index is 12.2. The molecule has 0 fully saturated rings. The van der Waals surface area contributed by atoms with Gasteiger partial charge in [0.05, 0.1) is 17.2 Å². The molecule has 2 aromatic rings. The molecule has 0 saturated carbocycles. The number of phenolic OH excluding ortho intramolecular Hbond substituents is 1. The summed E-state index contributed by atoms with van der Waals surface area (Å²) in [6, 6.07) is 9.78. The number of carbonyl (C=O) groups excluding carboxylic acids is 1. The van der Waals surface area contributed by atoms with Crippen LogP contribution in [0.3, 0.4) is 0 Å². The quantitative estimate of drug-likeness (QED) is 0.572. The fraction of sp³-hybridized carbons (Fsp3) is 0.0714. The van der Waals surface area contributed by atoms with E-state index in [2.05, 4.69) is 18.2 Å². The van der Waals surface area contributed by atoms with Crippen LogP contribution in [-0.4, -0.2) is 11.0 Å². The van der Waals surface area contributed by atoms with Crippen LogP contribution in [0.2, 0.25) is 10.0 Å². The third-order valence-electron chi connectivity index (χ3n) is 2.76. The first-order chi connectivity index (χ1) is 10.0. The van der Waals surface area contributed by atoms with E-state index < -0.39 is 5.91 Å². The highest BCUT2D eigenvalue weighted by Gasteiger charge is 2.16. The Kier molecular flexibility index (Phi) is 5.36. The van der Waals surface area contributed by atoms with Crippen LogP contribution < -0.4 is 5.32 Å². The fourth-order valence-electron chi connectivity index (χ4n) is 1.77. The number of phenols is 1. The molecule has 7 heteroatoms. The average molecular weight is 344 g/mol. The number of amides is 1. The number of aromatic hydroxyl groups is 1. The van der Waals surface area contributed by atoms with Crippen molar-refractivity contribution in [3.8, 4) is 5.75 Å². The molecule has 2 N–H and O–H groups in total. The molecular formula is C14H11Cl2NO3S. The number of thiol groups is 1. The highest BCUT2D eigenvalue weighted by molar-refractivity contribution is 7.75. The second kappa shape index (κ2) is 7.04. The number of hydrogen-bond acceptors (Lipinski definition) is 4. The molecule has 0 saturated heterocycles. The van der Waals surface area contributed by atoms with Crippen molar-refractivity contribution < 1.29 is 14.1 Å². The number of hydrogen-bond donors (Lipinski definition) is 3. The summed E-state index contributed by atoms with van der Waals surface area (Å²) in [7, 11) is 0. The van der Waals surface area contributed by atoms with E-state index >= 15 is 0 Å². The van der Waals surface area contributed by atoms with Crippen molar-refractivity contribution in [2.75, 3.05) is 5.32 Å². The van der Waals surface area contributed by atoms with E-state index in [0.29, 0.717) is 5.69 Å². The molecule has 0 radical (unpaired) electrons. The molecule has 0 spiro atoms. The predicted molar refractivity (Wildman–Crippen MR) is 86.3 cm³/mol. The van der Waals surface area contributed by atoms with Crippen LogP contribution in [0.5, 0.6) is 5.75 Å². The van der Waals surface area contributed by atoms with Gasteiger partial charge in [-0.3, -0.25) is 4.79 Å². The zero-order chi connectivity index (χ0) is 15.4. The summed E-state index contributed by atoms with van der Waals surface area (Å²) in [6.45, 7) is 0.224. The van der Waals surface area contributed by atoms with Gasteiger partial charge in [0.25, 0.3) is 5.91 Å². The van der Waals surface area contributed by atoms with Gasteiger partial charge in [0.2, 0.25) is 0 Å². The van der Waals surface area contributed by atoms with Gasteiger partial charge in [-0.2, -0.15) is 0 Å². The van der Waals surface area contributed by atoms with Crippen molar-refractivity contribution in [2.24, 2.45) is 0 Å². The van der Waals surface area contributed by atoms with E-state index in [1.807, 2.05) is 6.07 Å². The van der Waals surface area contributed by atoms with Crippen molar-refractivity contribution in [3.63, 3.8) is 0 Å². The number of rotatable bonds is 4. The largest absolute Gasteiger partial charge is 0.506 e. The minimum atomic E-state index is -0.525. The number of carbonyl (C=O) groups is 1. The summed E-state index contributed by atoms with van der Waals surface area (Å²) in [6.07, 6.45) is 0. The number of para-hydroxylation sites is 1. The molecule has 0 aliphatic carbocycles. The standard InChI is InChI=1S/C14H11Cl2NO3S/c15-9-5-10(13(18)11(16)6-9)14(19)17-12-4-2-1-3-8(12)7-20-21/h1-6,18,21H,7H2,(H,17,19). The minimum absolute atomic E-state index is 0.00547. The van der Waals surface area contributed by atoms with Crippen LogP contribution >= 0.6 is 36.1 Å². The zero-order valence-corrected chi connectivity index (χ0v) is 13.0. The Morgan fingerprint density at radius 3 is 2.71 bits per heavy atom. The van der Waals surface area contributed by atoms with Crippen molar-refractivity contribution in [3.05, 3.63) is 57.6 Å². The van der Waals surface area contributed by atoms with Gasteiger partial charge in [0, 0.05) is 16.3 Å². The molecule has 0 aliphatic heterocycles. The molecule has 0 aromatic heterocycles. The highest BCUT2D eigenvalue weighted by atomic mass is 35.5. The summed E-state index contributed by atoms with van der Waals surface area (Å²) in [5, 5.41) is 12.8. The lowest BCUT2D eigenvalue weighted by Gasteiger charge is -2.11. The minimum Gasteiger partial charge on any atom is -0.506 e. The molecule has 0 heterocycles. The Hall–Kier alpha value is -1.40. The molecule has 0 atom stereocenters. The number of anilines is 1. The van der Waals surface area contributed by atoms with E-state index in [1.54, 1.807) is 18.2 Å². The van der Waals surface area contributed by atoms with Gasteiger partial charge in [-0.05, 0) is 31.1 Å². The van der Waals surface area contributed by atoms with Crippen molar-refractivity contribution >= 4 is 47.7 Å². The predicted octanol–water partition coefficient (Wildman–Crippen LogP) is 4.31. The Balaban J connectivity index is 2.31. The maximum Gasteiger partial charge on any atom is 0.259 e. The van der Waals surface area contributed by atoms with Gasteiger partial charge in [-0.1, -0.05) is 41.4 Å². The summed E-state index contributed by atoms with van der Waals surface area (Å²) >= 11 is 15.3. The first kappa shape index (κ1) is 16.0. The van der Waals surface area contributed by atoms with E-state index in [1.165, 1.54) is 12.1 Å². The first-order valence-electron chi connectivity index (χ1n) is 5.86. The Labute approximate surface area is 137 Å². The van der Waals surface area contributed by atoms with Gasteiger partial charge in [0.15, 0.2) is 0 Å². The second-order valence-corrected chi connectivity index (χ2v) is 5.27. The van der Waals surface area contributed by atoms with Crippen LogP contribution in [0.15, 0.2) is 36.4 Å². The van der Waals surface area contributed by atoms with Crippen LogP contribution in [0.25, 0.3) is 0 Å². The summed E-state index contributed by atoms with van der Waals surface area (Å²) in [5.41, 5.74) is 1.29. The number of nitrogens with one attached hydrogen (secondary N) is 1. The third-order valence-corrected chi connectivity index (χ3v) is 3.39. The topological polar surface area (TPSA) is 58.6 Å². The van der Waals surface area contributed by atoms with Gasteiger partial charge in [-0.25, -0.2) is 0 Å². The van der Waals surface area contributed by atoms with E-state index in [9.17, 15) is 9.90 Å². The van der Waals surface area contributed by atoms with Crippen molar-refractivity contribution in [1.82, 2.24) is 0 Å². The summed E-state index contributed by atoms with van der Waals surface area (Å²) < 4.78 is 4.77. The van der Waals surface area contributed by atoms with Crippen LogP contribution in [-0.2, 0) is 10.8 Å². The van der Waals surface area contributed by atoms with Crippen LogP contribution in [0, 0.1) is 0 Å². The molecule has 4 nitrogen and oxygen atoms in total. The molecule has 0 bridgehead atoms. The van der Waals surface area contributed by atoms with Crippen LogP contribution in [0.4, 0.5) is 5.69 Å². The molecule has 0 aliphatic rings. The average Bonchev–Trinajstić information content (AvgIpc) is 2.45. The third kappa shape index (κ3) is 3.83. The van der Waals surface area contributed by atoms with E-state index in [-0.39, 0.29) is 28.0 Å². The van der Waals surface area contributed by atoms with E-state index in [0.717, 1.165) is 5.56 Å². The second-order valence-electron chi connectivity index (χ2n) is 4.17. The Morgan fingerprint density at radius 2 is 2.00 bits per heavy atom. The molecule has 21 heavy (non-hydrogen) atoms. The molecule has 1 amide bonds. The molecule has 2 aromatic carbocycles. The van der Waals surface area contributed by atoms with Gasteiger partial charge in [-0.15, -0.1) is 0 Å². The van der Waals surface area contributed by atoms with Gasteiger partial charge >= 0.3 is 0 Å². The fourth-order valence-corrected chi connectivity index (χ4v) is 2.40. The lowest BCUT2D eigenvalue weighted by molar-refractivity contribution is 0.102. The Bertz CT molecular complexity index is 679. The lowest BCUT2D eigenvalue weighted by Crippen LogP contribution is -2.13. The summed E-state index contributed by atoms with van der Waals surface area (Å²) in [5.74, 6) is -0.843. The summed E-state index contributed by atoms with van der Waals surface area (Å²) in [4.78, 5) is 12.2. The number of benzene rings is 2. The lowest BCUT2D eigenvalue weighted by atomic mass is 10.1. The van der Waals surface area contributed by atoms with Crippen molar-refractivity contribution in [2.45, 2.75) is 6.61 Å². The van der Waals surface area contributed by atoms with Gasteiger partial charge in [0.1, 0.15) is 5.75 Å². The molecule has 2 rings (SSSR count). The van der Waals surface area contributed by atoms with Gasteiger partial charge < -0.3 is 14.6 Å².